The Hall–Kier alpha value is -1.96. The van der Waals surface area contributed by atoms with Crippen LogP contribution in [-0.2, 0) is 0 Å². The quantitative estimate of drug-likeness (QED) is 0.662. The van der Waals surface area contributed by atoms with Crippen molar-refractivity contribution >= 4 is 0 Å². The average molecular weight is 331 g/mol. The van der Waals surface area contributed by atoms with Gasteiger partial charge >= 0.3 is 6.11 Å². The van der Waals surface area contributed by atoms with Crippen molar-refractivity contribution in [3.8, 4) is 11.5 Å². The molecule has 0 aromatic heterocycles. The van der Waals surface area contributed by atoms with Crippen LogP contribution in [0.3, 0.4) is 0 Å². The number of benzene rings is 1. The number of aliphatic hydroxyl groups is 1. The number of ether oxygens (including phenoxy) is 2. The Balaban J connectivity index is 2.37. The number of nitrogens with zero attached hydrogens (tertiary/aromatic N) is 1. The molecule has 2 rings (SSSR count). The number of alkyl halides is 2. The molecule has 3 atom stereocenters. The molecule has 0 spiro atoms. The van der Waals surface area contributed by atoms with E-state index in [1.807, 2.05) is 0 Å². The average Bonchev–Trinajstić information content (AvgIpc) is 2.45. The molecule has 8 heteroatoms. The number of halogens is 2. The summed E-state index contributed by atoms with van der Waals surface area (Å²) < 4.78 is 35.9. The fraction of sp³-hybridized carbons (Fsp3) is 0.600. The van der Waals surface area contributed by atoms with Crippen molar-refractivity contribution in [3.63, 3.8) is 0 Å². The van der Waals surface area contributed by atoms with Gasteiger partial charge in [-0.1, -0.05) is 6.07 Å². The van der Waals surface area contributed by atoms with Crippen LogP contribution in [0.5, 0.6) is 11.5 Å². The Morgan fingerprint density at radius 2 is 2.04 bits per heavy atom. The van der Waals surface area contributed by atoms with Crippen molar-refractivity contribution < 1.29 is 28.3 Å². The fourth-order valence-electron chi connectivity index (χ4n) is 2.94. The first kappa shape index (κ1) is 17.4. The maximum absolute atomic E-state index is 13.1. The molecule has 1 aromatic carbocycles. The van der Waals surface area contributed by atoms with Crippen molar-refractivity contribution in [2.24, 2.45) is 0 Å². The van der Waals surface area contributed by atoms with Gasteiger partial charge in [-0.25, -0.2) is 0 Å². The minimum atomic E-state index is -3.40. The summed E-state index contributed by atoms with van der Waals surface area (Å²) in [5.41, 5.74) is 0.477. The van der Waals surface area contributed by atoms with Gasteiger partial charge in [0.05, 0.1) is 19.1 Å². The number of hydrogen-bond acceptors (Lipinski definition) is 5. The summed E-state index contributed by atoms with van der Waals surface area (Å²) in [6, 6.07) is 3.49. The SMILES string of the molecule is COc1ccc(C2CC(O)CCC2[N+](=O)[O-])cc1OC(C)(F)F. The van der Waals surface area contributed by atoms with Crippen LogP contribution in [0.4, 0.5) is 8.78 Å². The zero-order valence-electron chi connectivity index (χ0n) is 12.9. The second-order valence-corrected chi connectivity index (χ2v) is 5.75. The van der Waals surface area contributed by atoms with E-state index in [0.29, 0.717) is 18.9 Å². The van der Waals surface area contributed by atoms with Crippen LogP contribution < -0.4 is 9.47 Å². The number of rotatable bonds is 5. The second-order valence-electron chi connectivity index (χ2n) is 5.75. The summed E-state index contributed by atoms with van der Waals surface area (Å²) in [6.07, 6.45) is -3.24. The number of nitro groups is 1. The molecule has 0 amide bonds. The van der Waals surface area contributed by atoms with Gasteiger partial charge in [0.25, 0.3) is 0 Å². The summed E-state index contributed by atoms with van der Waals surface area (Å²) >= 11 is 0. The Morgan fingerprint density at radius 1 is 1.35 bits per heavy atom. The van der Waals surface area contributed by atoms with Gasteiger partial charge in [0.1, 0.15) is 0 Å². The van der Waals surface area contributed by atoms with Crippen molar-refractivity contribution in [1.29, 1.82) is 0 Å². The van der Waals surface area contributed by atoms with Crippen LogP contribution in [0, 0.1) is 10.1 Å². The molecule has 1 fully saturated rings. The lowest BCUT2D eigenvalue weighted by atomic mass is 9.79. The van der Waals surface area contributed by atoms with Gasteiger partial charge in [-0.05, 0) is 30.5 Å². The molecule has 0 aliphatic heterocycles. The second kappa shape index (κ2) is 6.66. The van der Waals surface area contributed by atoms with Crippen molar-refractivity contribution in [1.82, 2.24) is 0 Å². The molecule has 1 saturated carbocycles. The predicted molar refractivity (Wildman–Crippen MR) is 77.6 cm³/mol. The molecule has 1 aliphatic rings. The van der Waals surface area contributed by atoms with Gasteiger partial charge < -0.3 is 14.6 Å². The lowest BCUT2D eigenvalue weighted by Crippen LogP contribution is -2.35. The summed E-state index contributed by atoms with van der Waals surface area (Å²) in [4.78, 5) is 10.9. The smallest absolute Gasteiger partial charge is 0.395 e. The molecule has 1 aliphatic carbocycles. The van der Waals surface area contributed by atoms with E-state index >= 15 is 0 Å². The van der Waals surface area contributed by atoms with Crippen molar-refractivity contribution in [2.75, 3.05) is 7.11 Å². The third kappa shape index (κ3) is 4.28. The number of hydrogen-bond donors (Lipinski definition) is 1. The lowest BCUT2D eigenvalue weighted by Gasteiger charge is -2.29. The molecule has 0 heterocycles. The van der Waals surface area contributed by atoms with Gasteiger partial charge in [-0.3, -0.25) is 10.1 Å². The molecule has 0 radical (unpaired) electrons. The first-order chi connectivity index (χ1) is 10.7. The van der Waals surface area contributed by atoms with E-state index in [4.69, 9.17) is 4.74 Å². The molecular weight excluding hydrogens is 312 g/mol. The predicted octanol–water partition coefficient (Wildman–Crippen LogP) is 2.96. The van der Waals surface area contributed by atoms with Crippen molar-refractivity contribution in [2.45, 2.75) is 50.4 Å². The normalized spacial score (nSPS) is 25.0. The van der Waals surface area contributed by atoms with Crippen LogP contribution in [0.1, 0.15) is 37.7 Å². The first-order valence-electron chi connectivity index (χ1n) is 7.27. The fourth-order valence-corrected chi connectivity index (χ4v) is 2.94. The maximum atomic E-state index is 13.1. The van der Waals surface area contributed by atoms with Crippen LogP contribution >= 0.6 is 0 Å². The maximum Gasteiger partial charge on any atom is 0.395 e. The van der Waals surface area contributed by atoms with Gasteiger partial charge in [0.2, 0.25) is 6.04 Å². The van der Waals surface area contributed by atoms with Gasteiger partial charge in [0, 0.05) is 18.3 Å². The molecule has 0 bridgehead atoms. The Morgan fingerprint density at radius 3 is 2.61 bits per heavy atom. The number of methoxy groups -OCH3 is 1. The van der Waals surface area contributed by atoms with Crippen LogP contribution in [0.2, 0.25) is 0 Å². The summed E-state index contributed by atoms with van der Waals surface area (Å²) in [7, 11) is 1.32. The molecule has 1 N–H and O–H groups in total. The minimum Gasteiger partial charge on any atom is -0.493 e. The third-order valence-corrected chi connectivity index (χ3v) is 3.96. The zero-order valence-corrected chi connectivity index (χ0v) is 12.9. The Labute approximate surface area is 132 Å². The van der Waals surface area contributed by atoms with Crippen molar-refractivity contribution in [3.05, 3.63) is 33.9 Å². The highest BCUT2D eigenvalue weighted by Crippen LogP contribution is 2.39. The topological polar surface area (TPSA) is 81.8 Å². The molecule has 1 aromatic rings. The van der Waals surface area contributed by atoms with Gasteiger partial charge in [-0.2, -0.15) is 8.78 Å². The third-order valence-electron chi connectivity index (χ3n) is 3.96. The largest absolute Gasteiger partial charge is 0.493 e. The Bertz CT molecular complexity index is 575. The van der Waals surface area contributed by atoms with E-state index in [-0.39, 0.29) is 29.3 Å². The zero-order chi connectivity index (χ0) is 17.2. The monoisotopic (exact) mass is 331 g/mol. The van der Waals surface area contributed by atoms with Crippen LogP contribution in [0.25, 0.3) is 0 Å². The first-order valence-corrected chi connectivity index (χ1v) is 7.27. The minimum absolute atomic E-state index is 0.115. The highest BCUT2D eigenvalue weighted by molar-refractivity contribution is 5.44. The molecule has 128 valence electrons. The Kier molecular flexibility index (Phi) is 5.03. The van der Waals surface area contributed by atoms with E-state index in [9.17, 15) is 24.0 Å². The lowest BCUT2D eigenvalue weighted by molar-refractivity contribution is -0.531. The molecule has 3 unspecified atom stereocenters. The summed E-state index contributed by atoms with van der Waals surface area (Å²) in [5.74, 6) is -0.628. The standard InChI is InChI=1S/C15H19F2NO5/c1-15(16,17)23-14-7-9(3-6-13(14)22-2)11-8-10(19)4-5-12(11)18(20)21/h3,6-7,10-12,19H,4-5,8H2,1-2H3. The highest BCUT2D eigenvalue weighted by Gasteiger charge is 2.39. The van der Waals surface area contributed by atoms with Crippen LogP contribution in [0.15, 0.2) is 18.2 Å². The van der Waals surface area contributed by atoms with E-state index in [1.54, 1.807) is 6.07 Å². The summed E-state index contributed by atoms with van der Waals surface area (Å²) in [6.45, 7) is 0.600. The van der Waals surface area contributed by atoms with E-state index in [2.05, 4.69) is 4.74 Å². The van der Waals surface area contributed by atoms with E-state index in [1.165, 1.54) is 19.2 Å². The molecule has 6 nitrogen and oxygen atoms in total. The molecular formula is C15H19F2NO5. The van der Waals surface area contributed by atoms with Crippen LogP contribution in [-0.4, -0.2) is 35.4 Å². The van der Waals surface area contributed by atoms with Gasteiger partial charge in [-0.15, -0.1) is 0 Å². The number of aliphatic hydroxyl groups excluding tert-OH is 1. The molecule has 23 heavy (non-hydrogen) atoms. The molecule has 0 saturated heterocycles. The van der Waals surface area contributed by atoms with E-state index < -0.39 is 24.2 Å². The van der Waals surface area contributed by atoms with E-state index in [0.717, 1.165) is 0 Å². The highest BCUT2D eigenvalue weighted by atomic mass is 19.3. The van der Waals surface area contributed by atoms with Gasteiger partial charge in [0.15, 0.2) is 11.5 Å². The summed E-state index contributed by atoms with van der Waals surface area (Å²) in [5, 5.41) is 21.0.